The van der Waals surface area contributed by atoms with E-state index in [2.05, 4.69) is 4.74 Å². The van der Waals surface area contributed by atoms with Gasteiger partial charge in [0.25, 0.3) is 0 Å². The predicted octanol–water partition coefficient (Wildman–Crippen LogP) is -2.09. The van der Waals surface area contributed by atoms with E-state index >= 15 is 0 Å². The van der Waals surface area contributed by atoms with Crippen LogP contribution in [0.4, 0.5) is 0 Å². The number of hydrogen-bond donors (Lipinski definition) is 3. The van der Waals surface area contributed by atoms with Crippen molar-refractivity contribution in [2.24, 2.45) is 11.5 Å². The van der Waals surface area contributed by atoms with E-state index in [1.54, 1.807) is 0 Å². The van der Waals surface area contributed by atoms with Gasteiger partial charge in [-0.15, -0.1) is 0 Å². The monoisotopic (exact) mass is 146 g/mol. The number of aliphatic hydroxyl groups is 1. The first-order chi connectivity index (χ1) is 4.61. The lowest BCUT2D eigenvalue weighted by atomic mass is 10.1. The third kappa shape index (κ3) is 1.66. The van der Waals surface area contributed by atoms with Crippen molar-refractivity contribution in [3.05, 3.63) is 0 Å². The summed E-state index contributed by atoms with van der Waals surface area (Å²) >= 11 is 0. The molecule has 1 rings (SSSR count). The van der Waals surface area contributed by atoms with Crippen LogP contribution in [-0.2, 0) is 9.53 Å². The molecule has 0 aliphatic carbocycles. The topological polar surface area (TPSA) is 102 Å². The van der Waals surface area contributed by atoms with Gasteiger partial charge in [0, 0.05) is 12.5 Å². The summed E-state index contributed by atoms with van der Waals surface area (Å²) in [5.74, 6) is -0.477. The molecule has 1 amide bonds. The molecular formula is C5H10N2O3. The highest BCUT2D eigenvalue weighted by atomic mass is 16.7. The minimum atomic E-state index is -0.797. The van der Waals surface area contributed by atoms with Gasteiger partial charge in [-0.3, -0.25) is 4.79 Å². The number of nitrogens with two attached hydrogens (primary N) is 2. The van der Waals surface area contributed by atoms with E-state index in [-0.39, 0.29) is 6.42 Å². The van der Waals surface area contributed by atoms with Gasteiger partial charge in [0.2, 0.25) is 5.91 Å². The zero-order chi connectivity index (χ0) is 7.72. The maximum atomic E-state index is 10.3. The van der Waals surface area contributed by atoms with Crippen molar-refractivity contribution in [2.45, 2.75) is 24.9 Å². The van der Waals surface area contributed by atoms with E-state index < -0.39 is 24.3 Å². The van der Waals surface area contributed by atoms with Gasteiger partial charge in [-0.05, 0) is 0 Å². The first kappa shape index (κ1) is 7.46. The van der Waals surface area contributed by atoms with Crippen molar-refractivity contribution >= 4 is 5.91 Å². The van der Waals surface area contributed by atoms with Crippen LogP contribution in [0.2, 0.25) is 0 Å². The number of aliphatic hydroxyl groups excluding tert-OH is 1. The Morgan fingerprint density at radius 2 is 2.30 bits per heavy atom. The van der Waals surface area contributed by atoms with E-state index in [1.807, 2.05) is 0 Å². The summed E-state index contributed by atoms with van der Waals surface area (Å²) in [7, 11) is 0. The Morgan fingerprint density at radius 1 is 1.80 bits per heavy atom. The Hall–Kier alpha value is -0.650. The van der Waals surface area contributed by atoms with Gasteiger partial charge in [0.05, 0.1) is 0 Å². The van der Waals surface area contributed by atoms with Crippen LogP contribution in [0.15, 0.2) is 0 Å². The maximum Gasteiger partial charge on any atom is 0.219 e. The van der Waals surface area contributed by atoms with Crippen molar-refractivity contribution in [3.8, 4) is 0 Å². The zero-order valence-corrected chi connectivity index (χ0v) is 5.36. The van der Waals surface area contributed by atoms with Crippen molar-refractivity contribution in [3.63, 3.8) is 0 Å². The molecule has 0 spiro atoms. The summed E-state index contributed by atoms with van der Waals surface area (Å²) in [6.07, 6.45) is -1.14. The van der Waals surface area contributed by atoms with Gasteiger partial charge < -0.3 is 21.3 Å². The summed E-state index contributed by atoms with van der Waals surface area (Å²) in [5.41, 5.74) is 10.2. The quantitative estimate of drug-likeness (QED) is 0.397. The van der Waals surface area contributed by atoms with Crippen LogP contribution in [0.25, 0.3) is 0 Å². The third-order valence-electron chi connectivity index (χ3n) is 1.36. The highest BCUT2D eigenvalue weighted by molar-refractivity contribution is 5.74. The molecule has 0 aromatic carbocycles. The molecule has 1 fully saturated rings. The standard InChI is InChI=1S/C5H10N2O3/c6-2(1-3(7)8)4-5(9)10-4/h2,4-5,9H,1,6H2,(H2,7,8)/t2-,4?,5?/m0/s1. The van der Waals surface area contributed by atoms with E-state index in [0.717, 1.165) is 0 Å². The molecular weight excluding hydrogens is 136 g/mol. The van der Waals surface area contributed by atoms with Crippen LogP contribution in [0.1, 0.15) is 6.42 Å². The summed E-state index contributed by atoms with van der Waals surface area (Å²) in [4.78, 5) is 10.3. The molecule has 5 N–H and O–H groups in total. The molecule has 5 nitrogen and oxygen atoms in total. The van der Waals surface area contributed by atoms with E-state index in [9.17, 15) is 4.79 Å². The zero-order valence-electron chi connectivity index (χ0n) is 5.36. The number of primary amides is 1. The Morgan fingerprint density at radius 3 is 2.60 bits per heavy atom. The lowest BCUT2D eigenvalue weighted by Gasteiger charge is -2.02. The Labute approximate surface area is 57.9 Å². The lowest BCUT2D eigenvalue weighted by Crippen LogP contribution is -2.33. The molecule has 1 heterocycles. The average molecular weight is 146 g/mol. The van der Waals surface area contributed by atoms with Gasteiger partial charge in [0.15, 0.2) is 6.29 Å². The molecule has 58 valence electrons. The highest BCUT2D eigenvalue weighted by Gasteiger charge is 2.42. The number of carbonyl (C=O) groups is 1. The van der Waals surface area contributed by atoms with Crippen molar-refractivity contribution in [1.29, 1.82) is 0 Å². The number of ether oxygens (including phenoxy) is 1. The Kier molecular flexibility index (Phi) is 1.89. The largest absolute Gasteiger partial charge is 0.370 e. The summed E-state index contributed by atoms with van der Waals surface area (Å²) in [6.45, 7) is 0. The number of rotatable bonds is 3. The normalized spacial score (nSPS) is 33.4. The number of amides is 1. The molecule has 1 aliphatic heterocycles. The maximum absolute atomic E-state index is 10.3. The second kappa shape index (κ2) is 2.53. The molecule has 10 heavy (non-hydrogen) atoms. The van der Waals surface area contributed by atoms with E-state index in [1.165, 1.54) is 0 Å². The van der Waals surface area contributed by atoms with E-state index in [4.69, 9.17) is 16.6 Å². The Bertz CT molecular complexity index is 150. The van der Waals surface area contributed by atoms with Crippen LogP contribution in [0, 0.1) is 0 Å². The van der Waals surface area contributed by atoms with Gasteiger partial charge in [0.1, 0.15) is 6.10 Å². The molecule has 1 aliphatic rings. The van der Waals surface area contributed by atoms with Crippen LogP contribution < -0.4 is 11.5 Å². The summed E-state index contributed by atoms with van der Waals surface area (Å²) < 4.78 is 4.60. The molecule has 3 atom stereocenters. The minimum Gasteiger partial charge on any atom is -0.370 e. The molecule has 0 bridgehead atoms. The van der Waals surface area contributed by atoms with E-state index in [0.29, 0.717) is 0 Å². The highest BCUT2D eigenvalue weighted by Crippen LogP contribution is 2.22. The minimum absolute atomic E-state index is 0.0573. The molecule has 1 saturated heterocycles. The molecule has 0 radical (unpaired) electrons. The second-order valence-corrected chi connectivity index (χ2v) is 2.33. The van der Waals surface area contributed by atoms with Gasteiger partial charge >= 0.3 is 0 Å². The number of hydrogen-bond acceptors (Lipinski definition) is 4. The fourth-order valence-corrected chi connectivity index (χ4v) is 0.776. The van der Waals surface area contributed by atoms with Gasteiger partial charge in [-0.1, -0.05) is 0 Å². The smallest absolute Gasteiger partial charge is 0.219 e. The van der Waals surface area contributed by atoms with Crippen molar-refractivity contribution in [1.82, 2.24) is 0 Å². The van der Waals surface area contributed by atoms with Crippen LogP contribution in [-0.4, -0.2) is 29.4 Å². The predicted molar refractivity (Wildman–Crippen MR) is 32.7 cm³/mol. The molecule has 2 unspecified atom stereocenters. The average Bonchev–Trinajstić information content (AvgIpc) is 2.44. The summed E-state index contributed by atoms with van der Waals surface area (Å²) in [6, 6.07) is -0.465. The molecule has 0 aromatic heterocycles. The fraction of sp³-hybridized carbons (Fsp3) is 0.800. The van der Waals surface area contributed by atoms with Crippen molar-refractivity contribution < 1.29 is 14.6 Å². The number of epoxide rings is 1. The van der Waals surface area contributed by atoms with Crippen LogP contribution >= 0.6 is 0 Å². The molecule has 0 aromatic rings. The second-order valence-electron chi connectivity index (χ2n) is 2.33. The summed E-state index contributed by atoms with van der Waals surface area (Å²) in [5, 5.41) is 8.66. The molecule has 0 saturated carbocycles. The third-order valence-corrected chi connectivity index (χ3v) is 1.36. The molecule has 5 heteroatoms. The SMILES string of the molecule is NC(=O)C[C@H](N)C1OC1O. The van der Waals surface area contributed by atoms with Crippen LogP contribution in [0.5, 0.6) is 0 Å². The van der Waals surface area contributed by atoms with Gasteiger partial charge in [-0.2, -0.15) is 0 Å². The number of carbonyl (C=O) groups excluding carboxylic acids is 1. The first-order valence-electron chi connectivity index (χ1n) is 2.98. The Balaban J connectivity index is 2.22. The fourth-order valence-electron chi connectivity index (χ4n) is 0.776. The first-order valence-corrected chi connectivity index (χ1v) is 2.98. The van der Waals surface area contributed by atoms with Crippen LogP contribution in [0.3, 0.4) is 0 Å². The lowest BCUT2D eigenvalue weighted by molar-refractivity contribution is -0.118. The van der Waals surface area contributed by atoms with Gasteiger partial charge in [-0.25, -0.2) is 0 Å². The van der Waals surface area contributed by atoms with Crippen molar-refractivity contribution in [2.75, 3.05) is 0 Å².